The molecule has 2 aliphatic heterocycles. The molecule has 1 N–H and O–H groups in total. The van der Waals surface area contributed by atoms with Crippen LogP contribution in [0.15, 0.2) is 18.2 Å². The van der Waals surface area contributed by atoms with Crippen LogP contribution in [0.1, 0.15) is 24.3 Å². The predicted octanol–water partition coefficient (Wildman–Crippen LogP) is 1.61. The molecule has 108 valence electrons. The molecule has 0 saturated carbocycles. The van der Waals surface area contributed by atoms with E-state index in [0.29, 0.717) is 18.4 Å². The highest BCUT2D eigenvalue weighted by Crippen LogP contribution is 2.47. The lowest BCUT2D eigenvalue weighted by molar-refractivity contribution is -0.107. The number of para-hydroxylation sites is 1. The van der Waals surface area contributed by atoms with Crippen molar-refractivity contribution in [2.75, 3.05) is 43.5 Å². The van der Waals surface area contributed by atoms with Crippen LogP contribution in [-0.4, -0.2) is 46.1 Å². The number of anilines is 2. The monoisotopic (exact) mass is 273 g/mol. The lowest BCUT2D eigenvalue weighted by atomic mass is 9.90. The summed E-state index contributed by atoms with van der Waals surface area (Å²) in [6, 6.07) is 7.14. The molecule has 4 heteroatoms. The number of fused-ring (bicyclic) bond motifs is 3. The number of benzene rings is 1. The van der Waals surface area contributed by atoms with Gasteiger partial charge in [0.2, 0.25) is 0 Å². The molecule has 2 unspecified atom stereocenters. The fourth-order valence-electron chi connectivity index (χ4n) is 3.69. The number of hydrogen-bond donors (Lipinski definition) is 1. The molecule has 1 saturated heterocycles. The number of carbonyl (C=O) groups excluding carboxylic acids is 1. The van der Waals surface area contributed by atoms with E-state index < -0.39 is 0 Å². The van der Waals surface area contributed by atoms with Gasteiger partial charge in [-0.15, -0.1) is 0 Å². The van der Waals surface area contributed by atoms with Crippen LogP contribution in [0.25, 0.3) is 0 Å². The highest BCUT2D eigenvalue weighted by molar-refractivity contribution is 5.79. The Morgan fingerprint density at radius 3 is 3.05 bits per heavy atom. The average molecular weight is 273 g/mol. The molecule has 0 aromatic heterocycles. The topological polar surface area (TPSA) is 35.6 Å². The minimum absolute atomic E-state index is 0.548. The van der Waals surface area contributed by atoms with Gasteiger partial charge in [-0.25, -0.2) is 0 Å². The van der Waals surface area contributed by atoms with Crippen LogP contribution in [0.4, 0.5) is 11.4 Å². The molecule has 2 atom stereocenters. The van der Waals surface area contributed by atoms with Crippen LogP contribution in [0.3, 0.4) is 0 Å². The molecule has 1 aromatic rings. The molecule has 3 rings (SSSR count). The first-order valence-electron chi connectivity index (χ1n) is 7.45. The molecule has 2 aliphatic rings. The lowest BCUT2D eigenvalue weighted by Gasteiger charge is -2.34. The molecule has 4 nitrogen and oxygen atoms in total. The van der Waals surface area contributed by atoms with Gasteiger partial charge < -0.3 is 19.9 Å². The summed E-state index contributed by atoms with van der Waals surface area (Å²) in [7, 11) is 4.18. The van der Waals surface area contributed by atoms with Crippen molar-refractivity contribution in [3.05, 3.63) is 23.8 Å². The third kappa shape index (κ3) is 2.08. The number of rotatable bonds is 4. The summed E-state index contributed by atoms with van der Waals surface area (Å²) in [4.78, 5) is 15.5. The summed E-state index contributed by atoms with van der Waals surface area (Å²) < 4.78 is 0. The molecule has 0 aliphatic carbocycles. The molecule has 0 bridgehead atoms. The van der Waals surface area contributed by atoms with E-state index in [-0.39, 0.29) is 0 Å². The van der Waals surface area contributed by atoms with Crippen LogP contribution in [0.5, 0.6) is 0 Å². The van der Waals surface area contributed by atoms with Gasteiger partial charge in [0.1, 0.15) is 6.29 Å². The number of hydrogen-bond acceptors (Lipinski definition) is 4. The molecule has 1 fully saturated rings. The quantitative estimate of drug-likeness (QED) is 0.845. The van der Waals surface area contributed by atoms with E-state index in [1.807, 2.05) is 0 Å². The summed E-state index contributed by atoms with van der Waals surface area (Å²) in [5.74, 6) is 0.560. The van der Waals surface area contributed by atoms with Gasteiger partial charge in [0.15, 0.2) is 0 Å². The van der Waals surface area contributed by atoms with Gasteiger partial charge in [-0.3, -0.25) is 0 Å². The van der Waals surface area contributed by atoms with E-state index in [9.17, 15) is 4.79 Å². The Kier molecular flexibility index (Phi) is 3.66. The molecule has 2 heterocycles. The Labute approximate surface area is 120 Å². The van der Waals surface area contributed by atoms with Crippen molar-refractivity contribution >= 4 is 17.7 Å². The maximum absolute atomic E-state index is 10.8. The fraction of sp³-hybridized carbons (Fsp3) is 0.562. The van der Waals surface area contributed by atoms with E-state index in [1.165, 1.54) is 16.9 Å². The standard InChI is InChI=1S/C16H23N3O/c1-18(2)15-6-3-5-12-13-11-17-8-7-14(13)19(16(12)15)9-4-10-20/h3,5-6,10,13-14,17H,4,7-9,11H2,1-2H3. The first-order chi connectivity index (χ1) is 9.74. The van der Waals surface area contributed by atoms with Crippen molar-refractivity contribution < 1.29 is 4.79 Å². The maximum Gasteiger partial charge on any atom is 0.121 e. The minimum Gasteiger partial charge on any atom is -0.376 e. The summed E-state index contributed by atoms with van der Waals surface area (Å²) in [5, 5.41) is 3.51. The molecule has 20 heavy (non-hydrogen) atoms. The van der Waals surface area contributed by atoms with Crippen LogP contribution in [0, 0.1) is 0 Å². The molecular weight excluding hydrogens is 250 g/mol. The molecule has 0 spiro atoms. The summed E-state index contributed by atoms with van der Waals surface area (Å²) in [6.45, 7) is 2.96. The molecule has 1 aromatic carbocycles. The van der Waals surface area contributed by atoms with Crippen molar-refractivity contribution in [2.24, 2.45) is 0 Å². The van der Waals surface area contributed by atoms with Crippen molar-refractivity contribution in [2.45, 2.75) is 24.8 Å². The Hall–Kier alpha value is -1.55. The van der Waals surface area contributed by atoms with Gasteiger partial charge in [0, 0.05) is 45.6 Å². The average Bonchev–Trinajstić information content (AvgIpc) is 2.79. The van der Waals surface area contributed by atoms with E-state index >= 15 is 0 Å². The first-order valence-corrected chi connectivity index (χ1v) is 7.45. The molecule has 0 radical (unpaired) electrons. The number of nitrogens with zero attached hydrogens (tertiary/aromatic N) is 2. The first kappa shape index (κ1) is 13.4. The Morgan fingerprint density at radius 1 is 1.45 bits per heavy atom. The predicted molar refractivity (Wildman–Crippen MR) is 82.8 cm³/mol. The fourth-order valence-corrected chi connectivity index (χ4v) is 3.69. The highest BCUT2D eigenvalue weighted by atomic mass is 16.1. The van der Waals surface area contributed by atoms with E-state index in [1.54, 1.807) is 0 Å². The minimum atomic E-state index is 0.548. The number of aldehydes is 1. The van der Waals surface area contributed by atoms with Gasteiger partial charge in [0.25, 0.3) is 0 Å². The van der Waals surface area contributed by atoms with Crippen molar-refractivity contribution in [3.63, 3.8) is 0 Å². The number of nitrogens with one attached hydrogen (secondary N) is 1. The zero-order valence-electron chi connectivity index (χ0n) is 12.3. The van der Waals surface area contributed by atoms with Crippen molar-refractivity contribution in [1.29, 1.82) is 0 Å². The van der Waals surface area contributed by atoms with Crippen LogP contribution in [0.2, 0.25) is 0 Å². The summed E-state index contributed by atoms with van der Waals surface area (Å²) >= 11 is 0. The Morgan fingerprint density at radius 2 is 2.30 bits per heavy atom. The Bertz CT molecular complexity index is 500. The van der Waals surface area contributed by atoms with Crippen molar-refractivity contribution in [3.8, 4) is 0 Å². The largest absolute Gasteiger partial charge is 0.376 e. The number of carbonyl (C=O) groups is 1. The van der Waals surface area contributed by atoms with Gasteiger partial charge in [-0.1, -0.05) is 12.1 Å². The van der Waals surface area contributed by atoms with E-state index in [4.69, 9.17) is 0 Å². The highest BCUT2D eigenvalue weighted by Gasteiger charge is 2.40. The second-order valence-electron chi connectivity index (χ2n) is 5.92. The SMILES string of the molecule is CN(C)c1cccc2c1N(CCC=O)C1CCNCC21. The van der Waals surface area contributed by atoms with E-state index in [2.05, 4.69) is 47.4 Å². The zero-order valence-corrected chi connectivity index (χ0v) is 12.3. The van der Waals surface area contributed by atoms with Crippen molar-refractivity contribution in [1.82, 2.24) is 5.32 Å². The smallest absolute Gasteiger partial charge is 0.121 e. The number of piperidine rings is 1. The van der Waals surface area contributed by atoms with E-state index in [0.717, 1.165) is 32.3 Å². The third-order valence-corrected chi connectivity index (χ3v) is 4.55. The Balaban J connectivity index is 2.04. The van der Waals surface area contributed by atoms with Gasteiger partial charge in [0.05, 0.1) is 11.4 Å². The normalized spacial score (nSPS) is 24.2. The summed E-state index contributed by atoms with van der Waals surface area (Å²) in [5.41, 5.74) is 4.06. The van der Waals surface area contributed by atoms with Gasteiger partial charge >= 0.3 is 0 Å². The molecular formula is C16H23N3O. The summed E-state index contributed by atoms with van der Waals surface area (Å²) in [6.07, 6.45) is 2.80. The maximum atomic E-state index is 10.8. The van der Waals surface area contributed by atoms with Gasteiger partial charge in [-0.2, -0.15) is 0 Å². The zero-order chi connectivity index (χ0) is 14.1. The van der Waals surface area contributed by atoms with Gasteiger partial charge in [-0.05, 0) is 24.6 Å². The van der Waals surface area contributed by atoms with Crippen LogP contribution < -0.4 is 15.1 Å². The second-order valence-corrected chi connectivity index (χ2v) is 5.92. The second kappa shape index (κ2) is 5.44. The molecule has 0 amide bonds. The lowest BCUT2D eigenvalue weighted by Crippen LogP contribution is -2.44. The third-order valence-electron chi connectivity index (χ3n) is 4.55. The van der Waals surface area contributed by atoms with Crippen LogP contribution in [-0.2, 0) is 4.79 Å². The van der Waals surface area contributed by atoms with Crippen LogP contribution >= 0.6 is 0 Å².